The molecule has 0 aliphatic heterocycles. The van der Waals surface area contributed by atoms with Crippen LogP contribution in [0, 0.1) is 0 Å². The molecular weight excluding hydrogens is 383 g/mol. The Morgan fingerprint density at radius 3 is 2.40 bits per heavy atom. The number of anilines is 3. The first-order valence-electron chi connectivity index (χ1n) is 7.13. The predicted molar refractivity (Wildman–Crippen MR) is 101 cm³/mol. The molecule has 5 nitrogen and oxygen atoms in total. The molecule has 0 spiro atoms. The summed E-state index contributed by atoms with van der Waals surface area (Å²) in [6, 6.07) is 12.1. The van der Waals surface area contributed by atoms with Gasteiger partial charge in [0.25, 0.3) is 5.91 Å². The molecule has 2 aromatic carbocycles. The fourth-order valence-electron chi connectivity index (χ4n) is 2.00. The first-order chi connectivity index (χ1) is 12.0. The van der Waals surface area contributed by atoms with Gasteiger partial charge in [-0.3, -0.25) is 4.79 Å². The molecule has 8 heteroatoms. The lowest BCUT2D eigenvalue weighted by molar-refractivity contribution is 0.102. The Labute approximate surface area is 159 Å². The summed E-state index contributed by atoms with van der Waals surface area (Å²) in [7, 11) is 0. The van der Waals surface area contributed by atoms with Crippen LogP contribution in [-0.4, -0.2) is 15.9 Å². The highest BCUT2D eigenvalue weighted by Crippen LogP contribution is 2.29. The van der Waals surface area contributed by atoms with Gasteiger partial charge in [-0.25, -0.2) is 9.97 Å². The molecule has 0 unspecified atom stereocenters. The highest BCUT2D eigenvalue weighted by atomic mass is 35.5. The normalized spacial score (nSPS) is 10.4. The lowest BCUT2D eigenvalue weighted by atomic mass is 10.2. The van der Waals surface area contributed by atoms with E-state index >= 15 is 0 Å². The smallest absolute Gasteiger partial charge is 0.258 e. The van der Waals surface area contributed by atoms with Crippen LogP contribution >= 0.6 is 34.8 Å². The van der Waals surface area contributed by atoms with Crippen molar-refractivity contribution >= 4 is 58.0 Å². The fraction of sp³-hybridized carbons (Fsp3) is 0. The van der Waals surface area contributed by atoms with Crippen LogP contribution in [0.1, 0.15) is 10.4 Å². The van der Waals surface area contributed by atoms with E-state index in [2.05, 4.69) is 20.6 Å². The Bertz CT molecular complexity index is 916. The zero-order valence-electron chi connectivity index (χ0n) is 12.6. The van der Waals surface area contributed by atoms with Crippen molar-refractivity contribution in [1.82, 2.24) is 9.97 Å². The van der Waals surface area contributed by atoms with E-state index in [1.165, 1.54) is 12.4 Å². The standard InChI is InChI=1S/C17H11Cl3N4O/c18-11-3-1-4-12(7-11)23-17-21-8-10(9-22-17)16(25)24-14-6-2-5-13(19)15(14)20/h1-9H,(H,24,25)(H,21,22,23). The van der Waals surface area contributed by atoms with Crippen LogP contribution in [0.25, 0.3) is 0 Å². The molecule has 0 atom stereocenters. The van der Waals surface area contributed by atoms with Gasteiger partial charge >= 0.3 is 0 Å². The molecule has 0 saturated carbocycles. The van der Waals surface area contributed by atoms with Crippen LogP contribution in [0.2, 0.25) is 15.1 Å². The number of hydrogen-bond acceptors (Lipinski definition) is 4. The summed E-state index contributed by atoms with van der Waals surface area (Å²) in [6.45, 7) is 0. The quantitative estimate of drug-likeness (QED) is 0.620. The number of rotatable bonds is 4. The Kier molecular flexibility index (Phi) is 5.38. The third-order valence-corrected chi connectivity index (χ3v) is 4.25. The number of aromatic nitrogens is 2. The second-order valence-electron chi connectivity index (χ2n) is 4.99. The molecule has 2 N–H and O–H groups in total. The predicted octanol–water partition coefficient (Wildman–Crippen LogP) is 5.43. The summed E-state index contributed by atoms with van der Waals surface area (Å²) in [5.74, 6) is -0.0434. The average Bonchev–Trinajstić information content (AvgIpc) is 2.59. The molecule has 0 saturated heterocycles. The van der Waals surface area contributed by atoms with Crippen molar-refractivity contribution in [3.63, 3.8) is 0 Å². The number of carbonyl (C=O) groups excluding carboxylic acids is 1. The van der Waals surface area contributed by atoms with E-state index in [1.54, 1.807) is 36.4 Å². The van der Waals surface area contributed by atoms with Crippen LogP contribution in [0.5, 0.6) is 0 Å². The summed E-state index contributed by atoms with van der Waals surface area (Å²) < 4.78 is 0. The molecular formula is C17H11Cl3N4O. The van der Waals surface area contributed by atoms with Gasteiger partial charge < -0.3 is 10.6 Å². The van der Waals surface area contributed by atoms with Crippen molar-refractivity contribution in [2.75, 3.05) is 10.6 Å². The molecule has 1 heterocycles. The largest absolute Gasteiger partial charge is 0.324 e. The summed E-state index contributed by atoms with van der Waals surface area (Å²) in [5, 5.41) is 6.90. The molecule has 3 rings (SSSR count). The van der Waals surface area contributed by atoms with Crippen LogP contribution < -0.4 is 10.6 Å². The average molecular weight is 394 g/mol. The summed E-state index contributed by atoms with van der Waals surface area (Å²) in [5.41, 5.74) is 1.45. The van der Waals surface area contributed by atoms with Crippen LogP contribution in [0.3, 0.4) is 0 Å². The van der Waals surface area contributed by atoms with Gasteiger partial charge in [0.05, 0.1) is 21.3 Å². The monoisotopic (exact) mass is 392 g/mol. The van der Waals surface area contributed by atoms with Gasteiger partial charge in [0, 0.05) is 23.1 Å². The zero-order valence-corrected chi connectivity index (χ0v) is 14.9. The van der Waals surface area contributed by atoms with Gasteiger partial charge in [-0.05, 0) is 30.3 Å². The highest BCUT2D eigenvalue weighted by Gasteiger charge is 2.11. The fourth-order valence-corrected chi connectivity index (χ4v) is 2.54. The molecule has 0 aliphatic rings. The number of nitrogens with one attached hydrogen (secondary N) is 2. The van der Waals surface area contributed by atoms with E-state index in [9.17, 15) is 4.79 Å². The van der Waals surface area contributed by atoms with Gasteiger partial charge in [-0.1, -0.05) is 46.9 Å². The van der Waals surface area contributed by atoms with Gasteiger partial charge in [0.15, 0.2) is 0 Å². The Morgan fingerprint density at radius 1 is 0.960 bits per heavy atom. The van der Waals surface area contributed by atoms with Crippen molar-refractivity contribution in [2.24, 2.45) is 0 Å². The van der Waals surface area contributed by atoms with Gasteiger partial charge in [0.2, 0.25) is 5.95 Å². The maximum absolute atomic E-state index is 12.3. The number of amides is 1. The molecule has 0 radical (unpaired) electrons. The van der Waals surface area contributed by atoms with E-state index in [1.807, 2.05) is 6.07 Å². The highest BCUT2D eigenvalue weighted by molar-refractivity contribution is 6.44. The third-order valence-electron chi connectivity index (χ3n) is 3.19. The number of nitrogens with zero attached hydrogens (tertiary/aromatic N) is 2. The van der Waals surface area contributed by atoms with Crippen LogP contribution in [0.15, 0.2) is 54.9 Å². The molecule has 0 bridgehead atoms. The van der Waals surface area contributed by atoms with Crippen molar-refractivity contribution in [1.29, 1.82) is 0 Å². The summed E-state index contributed by atoms with van der Waals surface area (Å²) >= 11 is 17.9. The second-order valence-corrected chi connectivity index (χ2v) is 6.21. The topological polar surface area (TPSA) is 66.9 Å². The van der Waals surface area contributed by atoms with Gasteiger partial charge in [0.1, 0.15) is 0 Å². The van der Waals surface area contributed by atoms with Gasteiger partial charge in [-0.15, -0.1) is 0 Å². The Hall–Kier alpha value is -2.34. The Balaban J connectivity index is 1.71. The third kappa shape index (κ3) is 4.39. The zero-order chi connectivity index (χ0) is 17.8. The van der Waals surface area contributed by atoms with Gasteiger partial charge in [-0.2, -0.15) is 0 Å². The molecule has 25 heavy (non-hydrogen) atoms. The molecule has 3 aromatic rings. The molecule has 1 aromatic heterocycles. The Morgan fingerprint density at radius 2 is 1.68 bits per heavy atom. The van der Waals surface area contributed by atoms with Crippen molar-refractivity contribution in [2.45, 2.75) is 0 Å². The minimum atomic E-state index is -0.390. The van der Waals surface area contributed by atoms with E-state index in [0.29, 0.717) is 21.7 Å². The number of halogens is 3. The van der Waals surface area contributed by atoms with Crippen molar-refractivity contribution in [3.05, 3.63) is 75.5 Å². The number of benzene rings is 2. The molecule has 0 aliphatic carbocycles. The van der Waals surface area contributed by atoms with Crippen molar-refractivity contribution < 1.29 is 4.79 Å². The minimum absolute atomic E-state index is 0.276. The van der Waals surface area contributed by atoms with Crippen LogP contribution in [-0.2, 0) is 0 Å². The van der Waals surface area contributed by atoms with E-state index in [4.69, 9.17) is 34.8 Å². The molecule has 126 valence electrons. The maximum Gasteiger partial charge on any atom is 0.258 e. The minimum Gasteiger partial charge on any atom is -0.324 e. The number of carbonyl (C=O) groups is 1. The lowest BCUT2D eigenvalue weighted by Gasteiger charge is -2.08. The SMILES string of the molecule is O=C(Nc1cccc(Cl)c1Cl)c1cnc(Nc2cccc(Cl)c2)nc1. The second kappa shape index (κ2) is 7.70. The van der Waals surface area contributed by atoms with Crippen molar-refractivity contribution in [3.8, 4) is 0 Å². The van der Waals surface area contributed by atoms with Crippen LogP contribution in [0.4, 0.5) is 17.3 Å². The number of hydrogen-bond donors (Lipinski definition) is 2. The van der Waals surface area contributed by atoms with E-state index in [-0.39, 0.29) is 10.6 Å². The first-order valence-corrected chi connectivity index (χ1v) is 8.26. The molecule has 1 amide bonds. The maximum atomic E-state index is 12.3. The van der Waals surface area contributed by atoms with E-state index in [0.717, 1.165) is 5.69 Å². The summed E-state index contributed by atoms with van der Waals surface area (Å²) in [4.78, 5) is 20.5. The molecule has 0 fully saturated rings. The lowest BCUT2D eigenvalue weighted by Crippen LogP contribution is -2.13. The van der Waals surface area contributed by atoms with E-state index < -0.39 is 5.91 Å². The first kappa shape index (κ1) is 17.5. The summed E-state index contributed by atoms with van der Waals surface area (Å²) in [6.07, 6.45) is 2.82.